The summed E-state index contributed by atoms with van der Waals surface area (Å²) in [6, 6.07) is 4.04. The lowest BCUT2D eigenvalue weighted by Crippen LogP contribution is -2.36. The van der Waals surface area contributed by atoms with E-state index in [2.05, 4.69) is 36.7 Å². The van der Waals surface area contributed by atoms with E-state index in [4.69, 9.17) is 4.52 Å². The van der Waals surface area contributed by atoms with E-state index in [1.807, 2.05) is 24.4 Å². The molecular weight excluding hydrogens is 300 g/mol. The number of rotatable bonds is 3. The number of thiophene rings is 1. The molecule has 8 heteroatoms. The van der Waals surface area contributed by atoms with Gasteiger partial charge in [-0.1, -0.05) is 11.2 Å². The molecule has 7 nitrogen and oxygen atoms in total. The molecule has 4 rings (SSSR count). The fraction of sp³-hybridized carbons (Fsp3) is 0.429. The van der Waals surface area contributed by atoms with Gasteiger partial charge in [-0.3, -0.25) is 4.90 Å². The molecule has 0 aliphatic carbocycles. The van der Waals surface area contributed by atoms with Crippen molar-refractivity contribution in [1.29, 1.82) is 0 Å². The molecule has 0 saturated carbocycles. The number of aryl methyl sites for hydroxylation is 1. The third kappa shape index (κ3) is 2.24. The van der Waals surface area contributed by atoms with Crippen LogP contribution >= 0.6 is 11.3 Å². The SMILES string of the molecule is Cc1nnc2n1CCN([C@H](C)c1nc(-c3cccs3)no1)C2. The van der Waals surface area contributed by atoms with E-state index in [1.54, 1.807) is 11.3 Å². The van der Waals surface area contributed by atoms with Crippen molar-refractivity contribution in [1.82, 2.24) is 29.8 Å². The number of nitrogens with zero attached hydrogens (tertiary/aromatic N) is 6. The van der Waals surface area contributed by atoms with Crippen LogP contribution < -0.4 is 0 Å². The van der Waals surface area contributed by atoms with Crippen molar-refractivity contribution in [3.63, 3.8) is 0 Å². The lowest BCUT2D eigenvalue weighted by Gasteiger charge is -2.30. The number of hydrogen-bond acceptors (Lipinski definition) is 7. The minimum Gasteiger partial charge on any atom is -0.337 e. The van der Waals surface area contributed by atoms with Gasteiger partial charge in [0.05, 0.1) is 17.5 Å². The predicted molar refractivity (Wildman–Crippen MR) is 81.2 cm³/mol. The first-order valence-corrected chi connectivity index (χ1v) is 8.10. The van der Waals surface area contributed by atoms with Gasteiger partial charge >= 0.3 is 0 Å². The molecule has 1 aliphatic heterocycles. The van der Waals surface area contributed by atoms with Gasteiger partial charge in [0.1, 0.15) is 11.6 Å². The molecule has 0 fully saturated rings. The molecule has 0 radical (unpaired) electrons. The van der Waals surface area contributed by atoms with E-state index in [0.717, 1.165) is 36.2 Å². The Balaban J connectivity index is 1.54. The van der Waals surface area contributed by atoms with Crippen LogP contribution in [0, 0.1) is 6.92 Å². The summed E-state index contributed by atoms with van der Waals surface area (Å²) in [7, 11) is 0. The van der Waals surface area contributed by atoms with Crippen LogP contribution in [0.2, 0.25) is 0 Å². The van der Waals surface area contributed by atoms with Crippen molar-refractivity contribution in [2.75, 3.05) is 6.54 Å². The zero-order valence-corrected chi connectivity index (χ0v) is 13.2. The Morgan fingerprint density at radius 1 is 1.32 bits per heavy atom. The zero-order chi connectivity index (χ0) is 15.1. The van der Waals surface area contributed by atoms with Crippen molar-refractivity contribution >= 4 is 11.3 Å². The van der Waals surface area contributed by atoms with Crippen LogP contribution in [-0.2, 0) is 13.1 Å². The average molecular weight is 316 g/mol. The van der Waals surface area contributed by atoms with Gasteiger partial charge in [-0.15, -0.1) is 21.5 Å². The highest BCUT2D eigenvalue weighted by Crippen LogP contribution is 2.27. The van der Waals surface area contributed by atoms with Gasteiger partial charge in [-0.05, 0) is 25.3 Å². The molecule has 114 valence electrons. The van der Waals surface area contributed by atoms with Gasteiger partial charge in [0.2, 0.25) is 11.7 Å². The van der Waals surface area contributed by atoms with Gasteiger partial charge in [0.15, 0.2) is 0 Å². The minimum atomic E-state index is 0.0620. The van der Waals surface area contributed by atoms with Crippen molar-refractivity contribution in [2.24, 2.45) is 0 Å². The lowest BCUT2D eigenvalue weighted by molar-refractivity contribution is 0.135. The topological polar surface area (TPSA) is 72.9 Å². The first kappa shape index (κ1) is 13.6. The predicted octanol–water partition coefficient (Wildman–Crippen LogP) is 2.27. The molecule has 22 heavy (non-hydrogen) atoms. The second-order valence-corrected chi connectivity index (χ2v) is 6.34. The maximum absolute atomic E-state index is 5.46. The Bertz CT molecular complexity index is 777. The summed E-state index contributed by atoms with van der Waals surface area (Å²) < 4.78 is 7.62. The van der Waals surface area contributed by atoms with Gasteiger partial charge in [0.25, 0.3) is 0 Å². The maximum Gasteiger partial charge on any atom is 0.244 e. The summed E-state index contributed by atoms with van der Waals surface area (Å²) in [4.78, 5) is 7.85. The fourth-order valence-electron chi connectivity index (χ4n) is 2.72. The summed E-state index contributed by atoms with van der Waals surface area (Å²) in [6.07, 6.45) is 0. The first-order chi connectivity index (χ1) is 10.7. The Morgan fingerprint density at radius 3 is 3.05 bits per heavy atom. The highest BCUT2D eigenvalue weighted by Gasteiger charge is 2.27. The highest BCUT2D eigenvalue weighted by atomic mass is 32.1. The Kier molecular flexibility index (Phi) is 3.27. The van der Waals surface area contributed by atoms with Crippen LogP contribution in [0.3, 0.4) is 0 Å². The summed E-state index contributed by atoms with van der Waals surface area (Å²) in [5, 5.41) is 14.5. The Hall–Kier alpha value is -2.06. The number of hydrogen-bond donors (Lipinski definition) is 0. The smallest absolute Gasteiger partial charge is 0.244 e. The van der Waals surface area contributed by atoms with E-state index >= 15 is 0 Å². The number of fused-ring (bicyclic) bond motifs is 1. The van der Waals surface area contributed by atoms with Crippen molar-refractivity contribution < 1.29 is 4.52 Å². The van der Waals surface area contributed by atoms with Gasteiger partial charge in [-0.25, -0.2) is 0 Å². The molecule has 4 heterocycles. The summed E-state index contributed by atoms with van der Waals surface area (Å²) in [6.45, 7) is 6.64. The van der Waals surface area contributed by atoms with Crippen LogP contribution in [-0.4, -0.2) is 36.3 Å². The molecule has 0 saturated heterocycles. The van der Waals surface area contributed by atoms with Crippen molar-refractivity contribution in [2.45, 2.75) is 33.0 Å². The third-order valence-corrected chi connectivity index (χ3v) is 4.92. The standard InChI is InChI=1S/C14H16N6OS/c1-9(14-15-13(18-21-14)11-4-3-7-22-11)19-5-6-20-10(2)16-17-12(20)8-19/h3-4,7,9H,5-6,8H2,1-2H3/t9-/m1/s1. The van der Waals surface area contributed by atoms with E-state index < -0.39 is 0 Å². The molecule has 1 atom stereocenters. The molecule has 0 N–H and O–H groups in total. The molecule has 0 bridgehead atoms. The number of aromatic nitrogens is 5. The minimum absolute atomic E-state index is 0.0620. The van der Waals surface area contributed by atoms with Gasteiger partial charge in [0, 0.05) is 13.1 Å². The summed E-state index contributed by atoms with van der Waals surface area (Å²) >= 11 is 1.61. The molecule has 0 unspecified atom stereocenters. The van der Waals surface area contributed by atoms with E-state index in [9.17, 15) is 0 Å². The molecule has 0 aromatic carbocycles. The Labute approximate surface area is 131 Å². The second-order valence-electron chi connectivity index (χ2n) is 5.40. The fourth-order valence-corrected chi connectivity index (χ4v) is 3.37. The molecule has 0 amide bonds. The van der Waals surface area contributed by atoms with E-state index in [0.29, 0.717) is 11.7 Å². The summed E-state index contributed by atoms with van der Waals surface area (Å²) in [5.41, 5.74) is 0. The van der Waals surface area contributed by atoms with Crippen LogP contribution in [0.5, 0.6) is 0 Å². The molecular formula is C14H16N6OS. The van der Waals surface area contributed by atoms with E-state index in [-0.39, 0.29) is 6.04 Å². The quantitative estimate of drug-likeness (QED) is 0.738. The van der Waals surface area contributed by atoms with Crippen LogP contribution in [0.4, 0.5) is 0 Å². The lowest BCUT2D eigenvalue weighted by atomic mass is 10.2. The Morgan fingerprint density at radius 2 is 2.23 bits per heavy atom. The third-order valence-electron chi connectivity index (χ3n) is 4.06. The highest BCUT2D eigenvalue weighted by molar-refractivity contribution is 7.13. The van der Waals surface area contributed by atoms with E-state index in [1.165, 1.54) is 0 Å². The normalized spacial score (nSPS) is 16.6. The van der Waals surface area contributed by atoms with Crippen molar-refractivity contribution in [3.05, 3.63) is 35.1 Å². The van der Waals surface area contributed by atoms with Crippen LogP contribution in [0.1, 0.15) is 30.5 Å². The molecule has 3 aromatic heterocycles. The monoisotopic (exact) mass is 316 g/mol. The largest absolute Gasteiger partial charge is 0.337 e. The molecule has 3 aromatic rings. The summed E-state index contributed by atoms with van der Waals surface area (Å²) in [5.74, 6) is 3.27. The van der Waals surface area contributed by atoms with Crippen LogP contribution in [0.15, 0.2) is 22.0 Å². The molecule has 1 aliphatic rings. The van der Waals surface area contributed by atoms with Crippen LogP contribution in [0.25, 0.3) is 10.7 Å². The average Bonchev–Trinajstić information content (AvgIpc) is 3.27. The maximum atomic E-state index is 5.46. The van der Waals surface area contributed by atoms with Crippen molar-refractivity contribution in [3.8, 4) is 10.7 Å². The second kappa shape index (κ2) is 5.29. The zero-order valence-electron chi connectivity index (χ0n) is 12.4. The van der Waals surface area contributed by atoms with Gasteiger partial charge < -0.3 is 9.09 Å². The van der Waals surface area contributed by atoms with Gasteiger partial charge in [-0.2, -0.15) is 4.98 Å². The molecule has 0 spiro atoms. The first-order valence-electron chi connectivity index (χ1n) is 7.22.